The highest BCUT2D eigenvalue weighted by Gasteiger charge is 2.25. The number of carbonyl (C=O) groups excluding carboxylic acids is 2. The number of hydrogen-bond acceptors (Lipinski definition) is 2. The first kappa shape index (κ1) is 9.83. The van der Waals surface area contributed by atoms with Gasteiger partial charge in [-0.05, 0) is 19.8 Å². The molecule has 0 heterocycles. The van der Waals surface area contributed by atoms with Crippen LogP contribution in [0.4, 0.5) is 4.79 Å². The molecule has 13 heavy (non-hydrogen) atoms. The quantitative estimate of drug-likeness (QED) is 0.629. The lowest BCUT2D eigenvalue weighted by Crippen LogP contribution is -2.44. The molecule has 0 aromatic rings. The van der Waals surface area contributed by atoms with Crippen molar-refractivity contribution in [2.45, 2.75) is 25.8 Å². The Labute approximate surface area is 77.3 Å². The lowest BCUT2D eigenvalue weighted by Gasteiger charge is -2.19. The smallest absolute Gasteiger partial charge is 0.318 e. The number of nitrogens with one attached hydrogen (secondary N) is 1. The van der Waals surface area contributed by atoms with E-state index in [-0.39, 0.29) is 12.6 Å². The summed E-state index contributed by atoms with van der Waals surface area (Å²) in [6.07, 6.45) is 2.08. The van der Waals surface area contributed by atoms with Crippen LogP contribution in [0.15, 0.2) is 0 Å². The molecule has 0 saturated heterocycles. The van der Waals surface area contributed by atoms with Gasteiger partial charge in [-0.2, -0.15) is 0 Å². The van der Waals surface area contributed by atoms with Crippen molar-refractivity contribution in [1.82, 2.24) is 10.2 Å². The summed E-state index contributed by atoms with van der Waals surface area (Å²) in [6, 6.07) is 0.123. The minimum absolute atomic E-state index is 0.00491. The standard InChI is InChI=1S/C8H15N3O2/c1-2-11(5-7(9)12)8(13)10-6-3-4-6/h6H,2-5H2,1H3,(H2,9,12)(H,10,13). The van der Waals surface area contributed by atoms with Crippen LogP contribution in [0.25, 0.3) is 0 Å². The summed E-state index contributed by atoms with van der Waals surface area (Å²) >= 11 is 0. The molecule has 1 saturated carbocycles. The second-order valence-electron chi connectivity index (χ2n) is 3.20. The van der Waals surface area contributed by atoms with Crippen molar-refractivity contribution in [2.24, 2.45) is 5.73 Å². The van der Waals surface area contributed by atoms with E-state index in [1.54, 1.807) is 0 Å². The molecule has 3 N–H and O–H groups in total. The first-order valence-corrected chi connectivity index (χ1v) is 4.47. The molecule has 1 aliphatic carbocycles. The summed E-state index contributed by atoms with van der Waals surface area (Å²) in [6.45, 7) is 2.31. The predicted molar refractivity (Wildman–Crippen MR) is 48.0 cm³/mol. The Bertz CT molecular complexity index is 213. The normalized spacial score (nSPS) is 15.2. The van der Waals surface area contributed by atoms with E-state index in [0.29, 0.717) is 12.6 Å². The second kappa shape index (κ2) is 4.11. The Morgan fingerprint density at radius 2 is 2.15 bits per heavy atom. The van der Waals surface area contributed by atoms with E-state index in [2.05, 4.69) is 5.32 Å². The van der Waals surface area contributed by atoms with Crippen molar-refractivity contribution in [1.29, 1.82) is 0 Å². The molecular weight excluding hydrogens is 170 g/mol. The van der Waals surface area contributed by atoms with Gasteiger partial charge in [0.1, 0.15) is 6.54 Å². The number of nitrogens with zero attached hydrogens (tertiary/aromatic N) is 1. The first-order valence-electron chi connectivity index (χ1n) is 4.47. The lowest BCUT2D eigenvalue weighted by atomic mass is 10.5. The monoisotopic (exact) mass is 185 g/mol. The van der Waals surface area contributed by atoms with Crippen LogP contribution in [0.5, 0.6) is 0 Å². The molecule has 0 aromatic heterocycles. The maximum atomic E-state index is 11.4. The van der Waals surface area contributed by atoms with Gasteiger partial charge in [0, 0.05) is 12.6 Å². The average Bonchev–Trinajstić information content (AvgIpc) is 2.83. The van der Waals surface area contributed by atoms with E-state index in [1.165, 1.54) is 4.90 Å². The lowest BCUT2D eigenvalue weighted by molar-refractivity contribution is -0.118. The van der Waals surface area contributed by atoms with Gasteiger partial charge in [-0.15, -0.1) is 0 Å². The summed E-state index contributed by atoms with van der Waals surface area (Å²) in [5.41, 5.74) is 4.99. The number of likely N-dealkylation sites (N-methyl/N-ethyl adjacent to an activating group) is 1. The molecule has 5 heteroatoms. The van der Waals surface area contributed by atoms with Gasteiger partial charge in [-0.3, -0.25) is 4.79 Å². The average molecular weight is 185 g/mol. The van der Waals surface area contributed by atoms with E-state index < -0.39 is 5.91 Å². The van der Waals surface area contributed by atoms with Crippen molar-refractivity contribution in [3.05, 3.63) is 0 Å². The van der Waals surface area contributed by atoms with E-state index in [1.807, 2.05) is 6.92 Å². The second-order valence-corrected chi connectivity index (χ2v) is 3.20. The minimum atomic E-state index is -0.479. The van der Waals surface area contributed by atoms with Crippen LogP contribution in [0.1, 0.15) is 19.8 Å². The number of nitrogens with two attached hydrogens (primary N) is 1. The Morgan fingerprint density at radius 3 is 2.54 bits per heavy atom. The molecule has 0 spiro atoms. The van der Waals surface area contributed by atoms with E-state index in [9.17, 15) is 9.59 Å². The van der Waals surface area contributed by atoms with Gasteiger partial charge in [-0.25, -0.2) is 4.79 Å². The van der Waals surface area contributed by atoms with Crippen molar-refractivity contribution in [2.75, 3.05) is 13.1 Å². The fourth-order valence-electron chi connectivity index (χ4n) is 1.01. The molecule has 0 aromatic carbocycles. The van der Waals surface area contributed by atoms with Crippen molar-refractivity contribution in [3.63, 3.8) is 0 Å². The molecule has 1 fully saturated rings. The molecule has 1 aliphatic rings. The van der Waals surface area contributed by atoms with Gasteiger partial charge in [-0.1, -0.05) is 0 Å². The topological polar surface area (TPSA) is 75.4 Å². The third-order valence-electron chi connectivity index (χ3n) is 1.92. The predicted octanol–water partition coefficient (Wildman–Crippen LogP) is -0.334. The van der Waals surface area contributed by atoms with Gasteiger partial charge >= 0.3 is 6.03 Å². The Kier molecular flexibility index (Phi) is 3.11. The molecule has 0 radical (unpaired) electrons. The number of hydrogen-bond donors (Lipinski definition) is 2. The number of rotatable bonds is 4. The van der Waals surface area contributed by atoms with E-state index in [0.717, 1.165) is 12.8 Å². The van der Waals surface area contributed by atoms with E-state index in [4.69, 9.17) is 5.73 Å². The third-order valence-corrected chi connectivity index (χ3v) is 1.92. The highest BCUT2D eigenvalue weighted by molar-refractivity contribution is 5.83. The molecule has 0 atom stereocenters. The fraction of sp³-hybridized carbons (Fsp3) is 0.750. The maximum absolute atomic E-state index is 11.4. The zero-order valence-corrected chi connectivity index (χ0v) is 7.75. The summed E-state index contributed by atoms with van der Waals surface area (Å²) < 4.78 is 0. The zero-order chi connectivity index (χ0) is 9.84. The molecule has 0 bridgehead atoms. The summed E-state index contributed by atoms with van der Waals surface area (Å²) in [5.74, 6) is -0.479. The molecule has 1 rings (SSSR count). The first-order chi connectivity index (χ1) is 6.13. The van der Waals surface area contributed by atoms with Gasteiger partial charge in [0.05, 0.1) is 0 Å². The van der Waals surface area contributed by atoms with Crippen molar-refractivity contribution >= 4 is 11.9 Å². The third kappa shape index (κ3) is 3.31. The number of carbonyl (C=O) groups is 2. The van der Waals surface area contributed by atoms with E-state index >= 15 is 0 Å². The summed E-state index contributed by atoms with van der Waals surface area (Å²) in [5, 5.41) is 2.79. The van der Waals surface area contributed by atoms with Crippen LogP contribution in [0.2, 0.25) is 0 Å². The number of amides is 3. The Balaban J connectivity index is 2.34. The van der Waals surface area contributed by atoms with Crippen LogP contribution in [-0.2, 0) is 4.79 Å². The Hall–Kier alpha value is -1.26. The highest BCUT2D eigenvalue weighted by Crippen LogP contribution is 2.18. The van der Waals surface area contributed by atoms with Crippen molar-refractivity contribution in [3.8, 4) is 0 Å². The minimum Gasteiger partial charge on any atom is -0.368 e. The molecule has 0 aliphatic heterocycles. The van der Waals surface area contributed by atoms with Crippen LogP contribution in [-0.4, -0.2) is 36.0 Å². The fourth-order valence-corrected chi connectivity index (χ4v) is 1.01. The van der Waals surface area contributed by atoms with Crippen LogP contribution < -0.4 is 11.1 Å². The molecular formula is C8H15N3O2. The number of urea groups is 1. The van der Waals surface area contributed by atoms with Gasteiger partial charge in [0.25, 0.3) is 0 Å². The van der Waals surface area contributed by atoms with Gasteiger partial charge in [0.15, 0.2) is 0 Å². The summed E-state index contributed by atoms with van der Waals surface area (Å²) in [4.78, 5) is 23.3. The summed E-state index contributed by atoms with van der Waals surface area (Å²) in [7, 11) is 0. The zero-order valence-electron chi connectivity index (χ0n) is 7.75. The maximum Gasteiger partial charge on any atom is 0.318 e. The highest BCUT2D eigenvalue weighted by atomic mass is 16.2. The number of primary amides is 1. The largest absolute Gasteiger partial charge is 0.368 e. The van der Waals surface area contributed by atoms with Crippen LogP contribution in [0.3, 0.4) is 0 Å². The van der Waals surface area contributed by atoms with Crippen LogP contribution in [0, 0.1) is 0 Å². The Morgan fingerprint density at radius 1 is 1.54 bits per heavy atom. The van der Waals surface area contributed by atoms with Crippen molar-refractivity contribution < 1.29 is 9.59 Å². The van der Waals surface area contributed by atoms with Gasteiger partial charge in [0.2, 0.25) is 5.91 Å². The molecule has 74 valence electrons. The molecule has 3 amide bonds. The molecule has 5 nitrogen and oxygen atoms in total. The SMILES string of the molecule is CCN(CC(N)=O)C(=O)NC1CC1. The van der Waals surface area contributed by atoms with Gasteiger partial charge < -0.3 is 16.0 Å². The molecule has 0 unspecified atom stereocenters. The van der Waals surface area contributed by atoms with Crippen LogP contribution >= 0.6 is 0 Å².